The quantitative estimate of drug-likeness (QED) is 0.738. The van der Waals surface area contributed by atoms with E-state index in [4.69, 9.17) is 9.47 Å². The smallest absolute Gasteiger partial charge is 0.262 e. The van der Waals surface area contributed by atoms with Crippen molar-refractivity contribution in [2.45, 2.75) is 6.92 Å². The molecule has 122 valence electrons. The number of carbonyl (C=O) groups is 1. The van der Waals surface area contributed by atoms with Crippen molar-refractivity contribution in [2.24, 2.45) is 0 Å². The second-order valence-corrected chi connectivity index (χ2v) is 5.24. The third kappa shape index (κ3) is 3.66. The second-order valence-electron chi connectivity index (χ2n) is 5.24. The summed E-state index contributed by atoms with van der Waals surface area (Å²) in [6.45, 7) is 2.39. The molecule has 3 aromatic carbocycles. The van der Waals surface area contributed by atoms with Crippen LogP contribution in [-0.4, -0.2) is 19.1 Å². The van der Waals surface area contributed by atoms with Crippen LogP contribution in [0.15, 0.2) is 66.7 Å². The van der Waals surface area contributed by atoms with Gasteiger partial charge in [-0.05, 0) is 30.5 Å². The van der Waals surface area contributed by atoms with Gasteiger partial charge in [-0.25, -0.2) is 0 Å². The van der Waals surface area contributed by atoms with Crippen molar-refractivity contribution in [1.82, 2.24) is 0 Å². The van der Waals surface area contributed by atoms with Gasteiger partial charge in [0.2, 0.25) is 0 Å². The van der Waals surface area contributed by atoms with Gasteiger partial charge in [0.1, 0.15) is 11.5 Å². The van der Waals surface area contributed by atoms with Crippen LogP contribution in [0, 0.1) is 0 Å². The van der Waals surface area contributed by atoms with Crippen LogP contribution in [0.25, 0.3) is 10.8 Å². The molecule has 4 nitrogen and oxygen atoms in total. The Morgan fingerprint density at radius 2 is 1.58 bits per heavy atom. The zero-order valence-electron chi connectivity index (χ0n) is 13.5. The van der Waals surface area contributed by atoms with Crippen molar-refractivity contribution < 1.29 is 14.3 Å². The summed E-state index contributed by atoms with van der Waals surface area (Å²) in [5, 5.41) is 4.89. The van der Waals surface area contributed by atoms with E-state index in [1.807, 2.05) is 67.6 Å². The summed E-state index contributed by atoms with van der Waals surface area (Å²) in [5.41, 5.74) is 0.644. The number of carbonyl (C=O) groups excluding carboxylic acids is 1. The number of hydrogen-bond acceptors (Lipinski definition) is 3. The van der Waals surface area contributed by atoms with E-state index in [1.165, 1.54) is 0 Å². The molecule has 0 atom stereocenters. The summed E-state index contributed by atoms with van der Waals surface area (Å²) >= 11 is 0. The minimum absolute atomic E-state index is 0.0610. The summed E-state index contributed by atoms with van der Waals surface area (Å²) in [7, 11) is 0. The third-order valence-corrected chi connectivity index (χ3v) is 3.57. The number of rotatable bonds is 6. The number of ether oxygens (including phenoxy) is 2. The molecule has 4 heteroatoms. The number of hydrogen-bond donors (Lipinski definition) is 1. The van der Waals surface area contributed by atoms with Crippen molar-refractivity contribution in [3.63, 3.8) is 0 Å². The fourth-order valence-electron chi connectivity index (χ4n) is 2.50. The molecule has 24 heavy (non-hydrogen) atoms. The first-order valence-corrected chi connectivity index (χ1v) is 7.90. The molecule has 0 spiro atoms. The molecule has 0 aliphatic rings. The lowest BCUT2D eigenvalue weighted by Gasteiger charge is -2.12. The lowest BCUT2D eigenvalue weighted by molar-refractivity contribution is -0.118. The van der Waals surface area contributed by atoms with Crippen molar-refractivity contribution in [1.29, 1.82) is 0 Å². The molecular weight excluding hydrogens is 302 g/mol. The fourth-order valence-corrected chi connectivity index (χ4v) is 2.50. The molecule has 0 fully saturated rings. The first-order valence-electron chi connectivity index (χ1n) is 7.90. The molecule has 0 radical (unpaired) electrons. The van der Waals surface area contributed by atoms with Gasteiger partial charge in [-0.15, -0.1) is 0 Å². The first-order chi connectivity index (χ1) is 11.8. The van der Waals surface area contributed by atoms with E-state index in [1.54, 1.807) is 6.07 Å². The van der Waals surface area contributed by atoms with Crippen LogP contribution in [0.2, 0.25) is 0 Å². The van der Waals surface area contributed by atoms with Crippen LogP contribution in [0.1, 0.15) is 6.92 Å². The molecule has 0 heterocycles. The summed E-state index contributed by atoms with van der Waals surface area (Å²) in [5.74, 6) is 1.12. The summed E-state index contributed by atoms with van der Waals surface area (Å²) in [6, 6.07) is 21.1. The standard InChI is InChI=1S/C20H19NO3/c1-2-23-19-12-6-5-11-17(19)21-20(22)14-24-18-13-7-9-15-8-3-4-10-16(15)18/h3-13H,2,14H2,1H3,(H,21,22). The minimum atomic E-state index is -0.227. The highest BCUT2D eigenvalue weighted by molar-refractivity contribution is 5.94. The average molecular weight is 321 g/mol. The van der Waals surface area contributed by atoms with E-state index in [0.29, 0.717) is 23.8 Å². The minimum Gasteiger partial charge on any atom is -0.492 e. The van der Waals surface area contributed by atoms with Crippen LogP contribution < -0.4 is 14.8 Å². The normalized spacial score (nSPS) is 10.4. The van der Waals surface area contributed by atoms with Gasteiger partial charge in [-0.1, -0.05) is 48.5 Å². The van der Waals surface area contributed by atoms with E-state index in [2.05, 4.69) is 5.32 Å². The number of para-hydroxylation sites is 2. The maximum Gasteiger partial charge on any atom is 0.262 e. The molecule has 0 bridgehead atoms. The van der Waals surface area contributed by atoms with Gasteiger partial charge >= 0.3 is 0 Å². The second kappa shape index (κ2) is 7.51. The van der Waals surface area contributed by atoms with Gasteiger partial charge in [0, 0.05) is 5.39 Å². The highest BCUT2D eigenvalue weighted by Crippen LogP contribution is 2.26. The summed E-state index contributed by atoms with van der Waals surface area (Å²) < 4.78 is 11.2. The maximum atomic E-state index is 12.2. The van der Waals surface area contributed by atoms with E-state index in [0.717, 1.165) is 10.8 Å². The molecular formula is C20H19NO3. The van der Waals surface area contributed by atoms with Crippen LogP contribution in [0.3, 0.4) is 0 Å². The molecule has 0 aromatic heterocycles. The topological polar surface area (TPSA) is 47.6 Å². The van der Waals surface area contributed by atoms with Gasteiger partial charge in [0.05, 0.1) is 12.3 Å². The Morgan fingerprint density at radius 3 is 2.46 bits per heavy atom. The zero-order chi connectivity index (χ0) is 16.8. The van der Waals surface area contributed by atoms with Crippen LogP contribution in [0.4, 0.5) is 5.69 Å². The Morgan fingerprint density at radius 1 is 0.875 bits per heavy atom. The number of nitrogens with one attached hydrogen (secondary N) is 1. The lowest BCUT2D eigenvalue weighted by Crippen LogP contribution is -2.20. The number of anilines is 1. The Bertz CT molecular complexity index is 840. The molecule has 1 N–H and O–H groups in total. The Hall–Kier alpha value is -3.01. The van der Waals surface area contributed by atoms with Gasteiger partial charge < -0.3 is 14.8 Å². The molecule has 0 saturated carbocycles. The van der Waals surface area contributed by atoms with Gasteiger partial charge in [-0.3, -0.25) is 4.79 Å². The number of amides is 1. The predicted molar refractivity (Wildman–Crippen MR) is 95.7 cm³/mol. The van der Waals surface area contributed by atoms with Crippen molar-refractivity contribution in [3.05, 3.63) is 66.7 Å². The molecule has 0 unspecified atom stereocenters. The van der Waals surface area contributed by atoms with Crippen LogP contribution in [0.5, 0.6) is 11.5 Å². The van der Waals surface area contributed by atoms with Crippen molar-refractivity contribution in [2.75, 3.05) is 18.5 Å². The summed E-state index contributed by atoms with van der Waals surface area (Å²) in [4.78, 5) is 12.2. The van der Waals surface area contributed by atoms with E-state index in [-0.39, 0.29) is 12.5 Å². The predicted octanol–water partition coefficient (Wildman–Crippen LogP) is 4.26. The van der Waals surface area contributed by atoms with Crippen molar-refractivity contribution in [3.8, 4) is 11.5 Å². The highest BCUT2D eigenvalue weighted by Gasteiger charge is 2.09. The van der Waals surface area contributed by atoms with E-state index < -0.39 is 0 Å². The van der Waals surface area contributed by atoms with Gasteiger partial charge in [-0.2, -0.15) is 0 Å². The van der Waals surface area contributed by atoms with E-state index in [9.17, 15) is 4.79 Å². The first kappa shape index (κ1) is 15.9. The molecule has 1 amide bonds. The molecule has 0 aliphatic carbocycles. The Kier molecular flexibility index (Phi) is 4.96. The molecule has 3 aromatic rings. The Balaban J connectivity index is 1.67. The fraction of sp³-hybridized carbons (Fsp3) is 0.150. The largest absolute Gasteiger partial charge is 0.492 e. The molecule has 0 aliphatic heterocycles. The van der Waals surface area contributed by atoms with Gasteiger partial charge in [0.25, 0.3) is 5.91 Å². The van der Waals surface area contributed by atoms with Crippen molar-refractivity contribution >= 4 is 22.4 Å². The molecule has 3 rings (SSSR count). The lowest BCUT2D eigenvalue weighted by atomic mass is 10.1. The molecule has 0 saturated heterocycles. The number of fused-ring (bicyclic) bond motifs is 1. The van der Waals surface area contributed by atoms with Crippen LogP contribution >= 0.6 is 0 Å². The number of benzene rings is 3. The van der Waals surface area contributed by atoms with E-state index >= 15 is 0 Å². The van der Waals surface area contributed by atoms with Gasteiger partial charge in [0.15, 0.2) is 6.61 Å². The Labute approximate surface area is 141 Å². The SMILES string of the molecule is CCOc1ccccc1NC(=O)COc1cccc2ccccc12. The third-order valence-electron chi connectivity index (χ3n) is 3.57. The maximum absolute atomic E-state index is 12.2. The highest BCUT2D eigenvalue weighted by atomic mass is 16.5. The monoisotopic (exact) mass is 321 g/mol. The summed E-state index contributed by atoms with van der Waals surface area (Å²) in [6.07, 6.45) is 0. The average Bonchev–Trinajstić information content (AvgIpc) is 2.62. The zero-order valence-corrected chi connectivity index (χ0v) is 13.5. The van der Waals surface area contributed by atoms with Crippen LogP contribution in [-0.2, 0) is 4.79 Å².